The number of aliphatic imine (C=N–C) groups is 1. The molecule has 0 aliphatic carbocycles. The van der Waals surface area contributed by atoms with Crippen molar-refractivity contribution in [1.29, 1.82) is 0 Å². The molecule has 0 fully saturated rings. The summed E-state index contributed by atoms with van der Waals surface area (Å²) in [5.74, 6) is -1.26. The average molecular weight is 778 g/mol. The van der Waals surface area contributed by atoms with Gasteiger partial charge in [0.15, 0.2) is 5.96 Å². The summed E-state index contributed by atoms with van der Waals surface area (Å²) in [7, 11) is 6.72. The number of nitrogens with one attached hydrogen (secondary N) is 7. The van der Waals surface area contributed by atoms with Crippen molar-refractivity contribution in [1.82, 2.24) is 34.2 Å². The highest BCUT2D eigenvalue weighted by Gasteiger charge is 2.20. The Balaban J connectivity index is 1.14. The van der Waals surface area contributed by atoms with Crippen molar-refractivity contribution >= 4 is 74.2 Å². The van der Waals surface area contributed by atoms with Gasteiger partial charge in [0.25, 0.3) is 29.5 Å². The van der Waals surface area contributed by atoms with Gasteiger partial charge in [-0.1, -0.05) is 6.58 Å². The summed E-state index contributed by atoms with van der Waals surface area (Å²) in [6, 6.07) is 6.17. The highest BCUT2D eigenvalue weighted by molar-refractivity contribution is 9.12. The number of anilines is 4. The van der Waals surface area contributed by atoms with Gasteiger partial charge in [-0.05, 0) is 53.0 Å². The van der Waals surface area contributed by atoms with Crippen LogP contribution in [0.4, 0.5) is 22.7 Å². The molecule has 0 spiro atoms. The molecule has 0 aromatic carbocycles. The molecular weight excluding hydrogens is 736 g/mol. The number of halogens is 1. The Kier molecular flexibility index (Phi) is 11.7. The van der Waals surface area contributed by atoms with E-state index in [-0.39, 0.29) is 27.5 Å². The first-order valence-corrected chi connectivity index (χ1v) is 17.1. The van der Waals surface area contributed by atoms with Gasteiger partial charge in [-0.15, -0.1) is 0 Å². The second kappa shape index (κ2) is 16.3. The molecule has 52 heavy (non-hydrogen) atoms. The lowest BCUT2D eigenvalue weighted by Gasteiger charge is -2.15. The van der Waals surface area contributed by atoms with E-state index in [4.69, 9.17) is 0 Å². The topological polar surface area (TPSA) is 202 Å². The van der Waals surface area contributed by atoms with Crippen molar-refractivity contribution in [2.75, 3.05) is 47.4 Å². The van der Waals surface area contributed by atoms with Crippen molar-refractivity contribution in [2.45, 2.75) is 12.8 Å². The van der Waals surface area contributed by atoms with Gasteiger partial charge < -0.3 is 55.5 Å². The number of carbonyl (C=O) groups is 5. The zero-order valence-corrected chi connectivity index (χ0v) is 30.8. The predicted octanol–water partition coefficient (Wildman–Crippen LogP) is 2.70. The van der Waals surface area contributed by atoms with Crippen LogP contribution in [0.2, 0.25) is 0 Å². The molecule has 4 aromatic rings. The van der Waals surface area contributed by atoms with E-state index in [0.717, 1.165) is 25.5 Å². The number of hydrogen-bond acceptors (Lipinski definition) is 8. The Morgan fingerprint density at radius 1 is 0.692 bits per heavy atom. The second-order valence-electron chi connectivity index (χ2n) is 12.2. The van der Waals surface area contributed by atoms with Crippen LogP contribution in [0, 0.1) is 0 Å². The van der Waals surface area contributed by atoms with Crippen LogP contribution in [0.1, 0.15) is 54.8 Å². The summed E-state index contributed by atoms with van der Waals surface area (Å²) in [6.07, 6.45) is 8.16. The minimum atomic E-state index is -0.465. The summed E-state index contributed by atoms with van der Waals surface area (Å²) < 4.78 is 6.48. The molecule has 274 valence electrons. The maximum absolute atomic E-state index is 13.2. The van der Waals surface area contributed by atoms with Gasteiger partial charge in [-0.3, -0.25) is 29.0 Å². The molecule has 0 unspecified atom stereocenters. The molecule has 0 radical (unpaired) electrons. The first-order valence-electron chi connectivity index (χ1n) is 16.3. The SMILES string of the molecule is C=C(Br)C(=O)Nc1cc(C(=O)Nc2cc(C(=O)Nc3cc(C(=O)Nc4cc(C(=O)NCCCNC5=NCCCN5)n(C)c4)n(C)c3)n(C)c2)n(C)c1. The number of rotatable bonds is 13. The molecule has 5 amide bonds. The fraction of sp³-hybridized carbons (Fsp3) is 0.294. The molecule has 1 aliphatic rings. The Morgan fingerprint density at radius 3 is 1.52 bits per heavy atom. The highest BCUT2D eigenvalue weighted by atomic mass is 79.9. The minimum Gasteiger partial charge on any atom is -0.356 e. The zero-order chi connectivity index (χ0) is 37.5. The lowest BCUT2D eigenvalue weighted by atomic mass is 10.3. The number of carbonyl (C=O) groups excluding carboxylic acids is 5. The molecule has 7 N–H and O–H groups in total. The van der Waals surface area contributed by atoms with Crippen LogP contribution >= 0.6 is 15.9 Å². The third-order valence-corrected chi connectivity index (χ3v) is 8.42. The van der Waals surface area contributed by atoms with Gasteiger partial charge in [-0.25, -0.2) is 0 Å². The molecule has 1 aliphatic heterocycles. The van der Waals surface area contributed by atoms with E-state index in [2.05, 4.69) is 64.7 Å². The summed E-state index contributed by atoms with van der Waals surface area (Å²) in [4.78, 5) is 68.5. The van der Waals surface area contributed by atoms with Crippen LogP contribution in [0.25, 0.3) is 0 Å². The molecule has 0 bridgehead atoms. The standard InChI is InChI=1S/C34H41BrN12O5/c1-20(35)29(48)40-21-13-26(45(3)16-21)31(50)42-23-15-28(47(5)18-23)33(52)43-24-14-27(46(4)19-24)32(51)41-22-12-25(44(2)17-22)30(49)36-8-6-9-37-34-38-10-7-11-39-34/h12-19H,1,6-11H2,2-5H3,(H,36,49)(H,40,48)(H,41,51)(H,42,50)(H,43,52)(H2,37,38,39). The maximum atomic E-state index is 13.2. The molecule has 4 aromatic heterocycles. The van der Waals surface area contributed by atoms with Crippen LogP contribution in [0.5, 0.6) is 0 Å². The fourth-order valence-electron chi connectivity index (χ4n) is 5.46. The van der Waals surface area contributed by atoms with Gasteiger partial charge >= 0.3 is 0 Å². The lowest BCUT2D eigenvalue weighted by Crippen LogP contribution is -2.41. The van der Waals surface area contributed by atoms with Crippen molar-refractivity contribution in [3.05, 3.63) is 82.9 Å². The minimum absolute atomic E-state index is 0.148. The number of aromatic nitrogens is 4. The molecule has 5 heterocycles. The molecule has 0 atom stereocenters. The first-order chi connectivity index (χ1) is 24.8. The summed E-state index contributed by atoms with van der Waals surface area (Å²) >= 11 is 3.02. The molecule has 0 saturated carbocycles. The van der Waals surface area contributed by atoms with E-state index in [1.54, 1.807) is 77.3 Å². The van der Waals surface area contributed by atoms with Gasteiger partial charge in [0.2, 0.25) is 0 Å². The smallest absolute Gasteiger partial charge is 0.272 e. The van der Waals surface area contributed by atoms with Crippen LogP contribution in [0.15, 0.2) is 65.1 Å². The summed E-state index contributed by atoms with van der Waals surface area (Å²) in [5, 5.41) is 20.3. The third-order valence-electron chi connectivity index (χ3n) is 8.06. The van der Waals surface area contributed by atoms with E-state index >= 15 is 0 Å². The Bertz CT molecular complexity index is 2070. The highest BCUT2D eigenvalue weighted by Crippen LogP contribution is 2.21. The average Bonchev–Trinajstić information content (AvgIpc) is 3.86. The van der Waals surface area contributed by atoms with Gasteiger partial charge in [0.05, 0.1) is 27.2 Å². The zero-order valence-electron chi connectivity index (χ0n) is 29.2. The quantitative estimate of drug-likeness (QED) is 0.0799. The van der Waals surface area contributed by atoms with Crippen molar-refractivity contribution < 1.29 is 24.0 Å². The van der Waals surface area contributed by atoms with Gasteiger partial charge in [-0.2, -0.15) is 0 Å². The molecule has 0 saturated heterocycles. The Hall–Kier alpha value is -6.04. The third kappa shape index (κ3) is 9.19. The molecule has 18 heteroatoms. The van der Waals surface area contributed by atoms with E-state index < -0.39 is 23.6 Å². The van der Waals surface area contributed by atoms with E-state index in [9.17, 15) is 24.0 Å². The Morgan fingerprint density at radius 2 is 1.12 bits per heavy atom. The van der Waals surface area contributed by atoms with E-state index in [0.29, 0.717) is 48.0 Å². The number of nitrogens with zero attached hydrogens (tertiary/aromatic N) is 5. The van der Waals surface area contributed by atoms with E-state index in [1.807, 2.05) is 0 Å². The van der Waals surface area contributed by atoms with Crippen LogP contribution < -0.4 is 37.2 Å². The number of aryl methyl sites for hydroxylation is 4. The monoisotopic (exact) mass is 776 g/mol. The van der Waals surface area contributed by atoms with Crippen LogP contribution in [0.3, 0.4) is 0 Å². The molecule has 5 rings (SSSR count). The normalized spacial score (nSPS) is 12.3. The van der Waals surface area contributed by atoms with Crippen molar-refractivity contribution in [3.63, 3.8) is 0 Å². The van der Waals surface area contributed by atoms with Crippen LogP contribution in [-0.4, -0.2) is 79.9 Å². The van der Waals surface area contributed by atoms with Crippen molar-refractivity contribution in [2.24, 2.45) is 33.2 Å². The number of amides is 5. The fourth-order valence-corrected chi connectivity index (χ4v) is 5.56. The molecular formula is C34H41BrN12O5. The number of hydrogen-bond donors (Lipinski definition) is 7. The number of guanidine groups is 1. The maximum Gasteiger partial charge on any atom is 0.272 e. The predicted molar refractivity (Wildman–Crippen MR) is 202 cm³/mol. The summed E-state index contributed by atoms with van der Waals surface area (Å²) in [6.45, 7) is 6.36. The van der Waals surface area contributed by atoms with E-state index in [1.165, 1.54) is 18.2 Å². The largest absolute Gasteiger partial charge is 0.356 e. The first kappa shape index (κ1) is 37.2. The second-order valence-corrected chi connectivity index (χ2v) is 13.1. The molecule has 17 nitrogen and oxygen atoms in total. The van der Waals surface area contributed by atoms with Gasteiger partial charge in [0, 0.05) is 79.2 Å². The Labute approximate surface area is 308 Å². The van der Waals surface area contributed by atoms with Gasteiger partial charge in [0.1, 0.15) is 22.8 Å². The lowest BCUT2D eigenvalue weighted by molar-refractivity contribution is -0.112. The summed E-state index contributed by atoms with van der Waals surface area (Å²) in [5.41, 5.74) is 2.79. The van der Waals surface area contributed by atoms with Crippen molar-refractivity contribution in [3.8, 4) is 0 Å². The van der Waals surface area contributed by atoms with Crippen LogP contribution in [-0.2, 0) is 33.0 Å².